The Morgan fingerprint density at radius 1 is 1.21 bits per heavy atom. The molecule has 2 heterocycles. The molecule has 0 fully saturated rings. The highest BCUT2D eigenvalue weighted by atomic mass is 16.3. The molecule has 1 unspecified atom stereocenters. The average Bonchev–Trinajstić information content (AvgIpc) is 2.93. The smallest absolute Gasteiger partial charge is 0.248 e. The molecule has 0 saturated heterocycles. The van der Waals surface area contributed by atoms with Gasteiger partial charge in [0.1, 0.15) is 17.7 Å². The molecule has 6 nitrogen and oxygen atoms in total. The Balaban J connectivity index is 2.25. The topological polar surface area (TPSA) is 102 Å². The van der Waals surface area contributed by atoms with E-state index in [4.69, 9.17) is 0 Å². The maximum Gasteiger partial charge on any atom is 0.248 e. The first-order chi connectivity index (χ1) is 9.16. The Labute approximate surface area is 107 Å². The molecule has 0 saturated carbocycles. The van der Waals surface area contributed by atoms with Crippen molar-refractivity contribution in [2.45, 2.75) is 6.10 Å². The molecule has 0 aliphatic heterocycles. The zero-order valence-electron chi connectivity index (χ0n) is 9.79. The van der Waals surface area contributed by atoms with Crippen molar-refractivity contribution in [2.75, 3.05) is 0 Å². The molecular weight excluding hydrogens is 246 g/mol. The van der Waals surface area contributed by atoms with Crippen molar-refractivity contribution >= 4 is 10.9 Å². The highest BCUT2D eigenvalue weighted by molar-refractivity contribution is 5.87. The van der Waals surface area contributed by atoms with Crippen LogP contribution < -0.4 is 5.56 Å². The number of phenols is 1. The van der Waals surface area contributed by atoms with E-state index >= 15 is 0 Å². The van der Waals surface area contributed by atoms with E-state index in [9.17, 15) is 15.0 Å². The summed E-state index contributed by atoms with van der Waals surface area (Å²) >= 11 is 0. The third-order valence-corrected chi connectivity index (χ3v) is 2.98. The normalized spacial score (nSPS) is 12.7. The van der Waals surface area contributed by atoms with E-state index in [0.29, 0.717) is 22.3 Å². The lowest BCUT2D eigenvalue weighted by Gasteiger charge is -2.12. The quantitative estimate of drug-likeness (QED) is 0.550. The molecule has 19 heavy (non-hydrogen) atoms. The summed E-state index contributed by atoms with van der Waals surface area (Å²) in [7, 11) is 0. The highest BCUT2D eigenvalue weighted by Gasteiger charge is 2.17. The second-order valence-electron chi connectivity index (χ2n) is 4.16. The number of aromatic hydroxyl groups is 1. The fraction of sp³-hybridized carbons (Fsp3) is 0.0769. The highest BCUT2D eigenvalue weighted by Crippen LogP contribution is 2.30. The van der Waals surface area contributed by atoms with E-state index in [1.807, 2.05) is 0 Å². The number of aromatic amines is 2. The van der Waals surface area contributed by atoms with Gasteiger partial charge in [-0.1, -0.05) is 6.07 Å². The largest absolute Gasteiger partial charge is 0.506 e. The Kier molecular flexibility index (Phi) is 2.57. The van der Waals surface area contributed by atoms with Crippen LogP contribution in [-0.4, -0.2) is 25.2 Å². The molecular formula is C13H11N3O3. The van der Waals surface area contributed by atoms with E-state index in [1.165, 1.54) is 12.1 Å². The van der Waals surface area contributed by atoms with Crippen LogP contribution in [0.5, 0.6) is 5.75 Å². The fourth-order valence-corrected chi connectivity index (χ4v) is 2.07. The summed E-state index contributed by atoms with van der Waals surface area (Å²) in [5.74, 6) is 0.362. The molecule has 0 bridgehead atoms. The molecule has 4 N–H and O–H groups in total. The van der Waals surface area contributed by atoms with Crippen LogP contribution >= 0.6 is 0 Å². The number of phenolic OH excluding ortho intramolecular Hbond substituents is 1. The van der Waals surface area contributed by atoms with Crippen LogP contribution in [0.1, 0.15) is 17.5 Å². The van der Waals surface area contributed by atoms with Crippen molar-refractivity contribution in [1.82, 2.24) is 15.0 Å². The second kappa shape index (κ2) is 4.25. The Hall–Kier alpha value is -2.60. The monoisotopic (exact) mass is 257 g/mol. The number of hydrogen-bond acceptors (Lipinski definition) is 4. The zero-order chi connectivity index (χ0) is 13.4. The fourth-order valence-electron chi connectivity index (χ4n) is 2.07. The molecule has 0 radical (unpaired) electrons. The Morgan fingerprint density at radius 3 is 2.79 bits per heavy atom. The summed E-state index contributed by atoms with van der Waals surface area (Å²) in [6, 6.07) is 5.94. The Morgan fingerprint density at radius 2 is 2.05 bits per heavy atom. The number of nitrogens with one attached hydrogen (secondary N) is 2. The number of pyridine rings is 1. The maximum absolute atomic E-state index is 11.3. The van der Waals surface area contributed by atoms with Crippen molar-refractivity contribution in [3.8, 4) is 5.75 Å². The number of H-pyrrole nitrogens is 2. The summed E-state index contributed by atoms with van der Waals surface area (Å²) in [4.78, 5) is 20.7. The first kappa shape index (κ1) is 11.5. The molecule has 0 spiro atoms. The van der Waals surface area contributed by atoms with E-state index in [0.717, 1.165) is 0 Å². The van der Waals surface area contributed by atoms with E-state index in [1.54, 1.807) is 24.5 Å². The molecule has 0 amide bonds. The number of aromatic nitrogens is 3. The summed E-state index contributed by atoms with van der Waals surface area (Å²) in [6.07, 6.45) is 2.20. The van der Waals surface area contributed by atoms with Crippen LogP contribution in [0.3, 0.4) is 0 Å². The van der Waals surface area contributed by atoms with Crippen molar-refractivity contribution in [2.24, 2.45) is 0 Å². The van der Waals surface area contributed by atoms with Crippen LogP contribution in [0.25, 0.3) is 10.9 Å². The molecule has 96 valence electrons. The van der Waals surface area contributed by atoms with Crippen molar-refractivity contribution in [3.05, 3.63) is 58.4 Å². The number of hydrogen-bond donors (Lipinski definition) is 4. The minimum atomic E-state index is -0.955. The van der Waals surface area contributed by atoms with E-state index in [-0.39, 0.29) is 11.3 Å². The average molecular weight is 257 g/mol. The predicted molar refractivity (Wildman–Crippen MR) is 68.9 cm³/mol. The third-order valence-electron chi connectivity index (χ3n) is 2.98. The number of benzene rings is 1. The molecule has 1 atom stereocenters. The summed E-state index contributed by atoms with van der Waals surface area (Å²) < 4.78 is 0. The van der Waals surface area contributed by atoms with Gasteiger partial charge in [0.2, 0.25) is 5.56 Å². The second-order valence-corrected chi connectivity index (χ2v) is 4.16. The summed E-state index contributed by atoms with van der Waals surface area (Å²) in [6.45, 7) is 0. The lowest BCUT2D eigenvalue weighted by atomic mass is 10.0. The molecule has 0 aliphatic carbocycles. The van der Waals surface area contributed by atoms with Gasteiger partial charge in [-0.15, -0.1) is 0 Å². The van der Waals surface area contributed by atoms with Crippen LogP contribution in [0.4, 0.5) is 0 Å². The summed E-state index contributed by atoms with van der Waals surface area (Å²) in [5.41, 5.74) is 0.544. The van der Waals surface area contributed by atoms with Crippen molar-refractivity contribution in [3.63, 3.8) is 0 Å². The number of imidazole rings is 1. The van der Waals surface area contributed by atoms with Crippen LogP contribution in [-0.2, 0) is 0 Å². The first-order valence-electron chi connectivity index (χ1n) is 5.69. The van der Waals surface area contributed by atoms with Crippen molar-refractivity contribution in [1.29, 1.82) is 0 Å². The minimum absolute atomic E-state index is 0.0388. The van der Waals surface area contributed by atoms with E-state index < -0.39 is 6.10 Å². The molecule has 6 heteroatoms. The van der Waals surface area contributed by atoms with Gasteiger partial charge >= 0.3 is 0 Å². The number of fused-ring (bicyclic) bond motifs is 1. The number of aliphatic hydroxyl groups is 1. The molecule has 3 rings (SSSR count). The van der Waals surface area contributed by atoms with Gasteiger partial charge in [-0.25, -0.2) is 4.98 Å². The van der Waals surface area contributed by atoms with Gasteiger partial charge in [-0.2, -0.15) is 0 Å². The molecule has 2 aromatic heterocycles. The van der Waals surface area contributed by atoms with Gasteiger partial charge in [0.05, 0.1) is 5.52 Å². The minimum Gasteiger partial charge on any atom is -0.506 e. The van der Waals surface area contributed by atoms with Gasteiger partial charge in [0, 0.05) is 23.8 Å². The lowest BCUT2D eigenvalue weighted by Crippen LogP contribution is -2.07. The van der Waals surface area contributed by atoms with Crippen LogP contribution in [0.15, 0.2) is 41.5 Å². The maximum atomic E-state index is 11.3. The number of aliphatic hydroxyl groups excluding tert-OH is 1. The van der Waals surface area contributed by atoms with Crippen LogP contribution in [0.2, 0.25) is 0 Å². The Bertz CT molecular complexity index is 777. The number of rotatable bonds is 2. The SMILES string of the molecule is O=c1ccc2c(C(O)c3ncc[nH]3)ccc(O)c2[nH]1. The van der Waals surface area contributed by atoms with Gasteiger partial charge in [-0.05, 0) is 17.7 Å². The zero-order valence-corrected chi connectivity index (χ0v) is 9.79. The van der Waals surface area contributed by atoms with Gasteiger partial charge in [0.25, 0.3) is 0 Å². The molecule has 0 aliphatic rings. The number of nitrogens with zero attached hydrogens (tertiary/aromatic N) is 1. The van der Waals surface area contributed by atoms with Crippen molar-refractivity contribution < 1.29 is 10.2 Å². The standard InChI is InChI=1S/C13H11N3O3/c17-9-3-1-8(12(19)13-14-5-6-15-13)7-2-4-10(18)16-11(7)9/h1-6,12,17,19H,(H,14,15)(H,16,18). The van der Waals surface area contributed by atoms with Gasteiger partial charge in [-0.3, -0.25) is 4.79 Å². The molecule has 1 aromatic carbocycles. The van der Waals surface area contributed by atoms with Gasteiger partial charge < -0.3 is 20.2 Å². The van der Waals surface area contributed by atoms with Crippen LogP contribution in [0, 0.1) is 0 Å². The first-order valence-corrected chi connectivity index (χ1v) is 5.69. The predicted octanol–water partition coefficient (Wildman–Crippen LogP) is 1.04. The summed E-state index contributed by atoms with van der Waals surface area (Å²) in [5, 5.41) is 20.6. The third kappa shape index (κ3) is 1.88. The lowest BCUT2D eigenvalue weighted by molar-refractivity contribution is 0.212. The van der Waals surface area contributed by atoms with Gasteiger partial charge in [0.15, 0.2) is 0 Å². The molecule has 3 aromatic rings. The van der Waals surface area contributed by atoms with E-state index in [2.05, 4.69) is 15.0 Å².